The molecule has 2 heteroatoms. The van der Waals surface area contributed by atoms with E-state index in [0.717, 1.165) is 18.6 Å². The Hall–Kier alpha value is -0.790. The van der Waals surface area contributed by atoms with Crippen LogP contribution in [-0.4, -0.2) is 12.8 Å². The highest BCUT2D eigenvalue weighted by Gasteiger charge is 1.86. The Kier molecular flexibility index (Phi) is 4.88. The van der Waals surface area contributed by atoms with Crippen molar-refractivity contribution in [1.82, 2.24) is 0 Å². The van der Waals surface area contributed by atoms with E-state index in [1.165, 1.54) is 0 Å². The van der Waals surface area contributed by atoms with E-state index >= 15 is 0 Å². The fraction of sp³-hybridized carbons (Fsp3) is 0.571. The number of hydrogen-bond donors (Lipinski definition) is 0. The summed E-state index contributed by atoms with van der Waals surface area (Å²) in [6.45, 7) is 5.53. The fourth-order valence-electron chi connectivity index (χ4n) is 0.512. The number of hydrogen-bond acceptors (Lipinski definition) is 2. The van der Waals surface area contributed by atoms with Crippen molar-refractivity contribution in [1.29, 1.82) is 0 Å². The van der Waals surface area contributed by atoms with Gasteiger partial charge in [-0.25, -0.2) is 0 Å². The average Bonchev–Trinajstić information content (AvgIpc) is 1.85. The zero-order chi connectivity index (χ0) is 7.11. The minimum Gasteiger partial charge on any atom is -0.399 e. The summed E-state index contributed by atoms with van der Waals surface area (Å²) in [6, 6.07) is 0. The third kappa shape index (κ3) is 5.07. The molecule has 0 amide bonds. The molecule has 0 unspecified atom stereocenters. The van der Waals surface area contributed by atoms with E-state index in [-0.39, 0.29) is 0 Å². The van der Waals surface area contributed by atoms with Crippen LogP contribution in [0.5, 0.6) is 0 Å². The minimum atomic E-state index is 0.942. The van der Waals surface area contributed by atoms with Crippen molar-refractivity contribution in [2.75, 3.05) is 7.11 Å². The van der Waals surface area contributed by atoms with Crippen LogP contribution in [0.3, 0.4) is 0 Å². The van der Waals surface area contributed by atoms with Gasteiger partial charge < -0.3 is 4.84 Å². The molecular weight excluding hydrogens is 114 g/mol. The van der Waals surface area contributed by atoms with E-state index in [0.29, 0.717) is 0 Å². The van der Waals surface area contributed by atoms with Gasteiger partial charge in [0, 0.05) is 0 Å². The van der Waals surface area contributed by atoms with Gasteiger partial charge in [0.15, 0.2) is 0 Å². The summed E-state index contributed by atoms with van der Waals surface area (Å²) in [4.78, 5) is 4.55. The first-order chi connectivity index (χ1) is 4.31. The molecule has 2 nitrogen and oxygen atoms in total. The summed E-state index contributed by atoms with van der Waals surface area (Å²) in [5.41, 5.74) is 1.01. The molecule has 0 aromatic carbocycles. The molecular formula is C7H13NO. The molecule has 0 fully saturated rings. The highest BCUT2D eigenvalue weighted by Crippen LogP contribution is 1.92. The molecule has 0 radical (unpaired) electrons. The van der Waals surface area contributed by atoms with Crippen LogP contribution in [0.1, 0.15) is 19.8 Å². The molecule has 0 aliphatic carbocycles. The normalized spacial score (nSPS) is 11.1. The van der Waals surface area contributed by atoms with Crippen LogP contribution in [-0.2, 0) is 4.84 Å². The monoisotopic (exact) mass is 127 g/mol. The zero-order valence-electron chi connectivity index (χ0n) is 6.05. The Morgan fingerprint density at radius 2 is 2.44 bits per heavy atom. The maximum atomic E-state index is 4.55. The van der Waals surface area contributed by atoms with Crippen LogP contribution in [0.15, 0.2) is 17.8 Å². The van der Waals surface area contributed by atoms with Crippen molar-refractivity contribution in [3.63, 3.8) is 0 Å². The molecule has 0 spiro atoms. The molecule has 0 heterocycles. The first kappa shape index (κ1) is 8.21. The number of allylic oxidation sites excluding steroid dienone is 1. The second-order valence-corrected chi connectivity index (χ2v) is 1.84. The van der Waals surface area contributed by atoms with Crippen LogP contribution in [0, 0.1) is 0 Å². The van der Waals surface area contributed by atoms with E-state index < -0.39 is 0 Å². The Balaban J connectivity index is 3.36. The first-order valence-corrected chi connectivity index (χ1v) is 2.98. The number of rotatable bonds is 4. The third-order valence-corrected chi connectivity index (χ3v) is 0.957. The molecule has 0 aliphatic heterocycles. The molecule has 0 saturated carbocycles. The Morgan fingerprint density at radius 1 is 1.78 bits per heavy atom. The molecule has 0 aromatic heterocycles. The SMILES string of the molecule is C=CCCC(C)=NOC. The van der Waals surface area contributed by atoms with Gasteiger partial charge in [0.2, 0.25) is 0 Å². The topological polar surface area (TPSA) is 21.6 Å². The van der Waals surface area contributed by atoms with Crippen LogP contribution >= 0.6 is 0 Å². The van der Waals surface area contributed by atoms with Gasteiger partial charge in [-0.2, -0.15) is 0 Å². The van der Waals surface area contributed by atoms with E-state index in [9.17, 15) is 0 Å². The van der Waals surface area contributed by atoms with Crippen molar-refractivity contribution < 1.29 is 4.84 Å². The van der Waals surface area contributed by atoms with E-state index in [2.05, 4.69) is 16.6 Å². The smallest absolute Gasteiger partial charge is 0.106 e. The predicted molar refractivity (Wildman–Crippen MR) is 39.5 cm³/mol. The number of nitrogens with zero attached hydrogens (tertiary/aromatic N) is 1. The fourth-order valence-corrected chi connectivity index (χ4v) is 0.512. The summed E-state index contributed by atoms with van der Waals surface area (Å²) in [7, 11) is 1.55. The van der Waals surface area contributed by atoms with Gasteiger partial charge in [-0.05, 0) is 19.8 Å². The third-order valence-electron chi connectivity index (χ3n) is 0.957. The maximum Gasteiger partial charge on any atom is 0.106 e. The van der Waals surface area contributed by atoms with Crippen LogP contribution in [0.4, 0.5) is 0 Å². The van der Waals surface area contributed by atoms with Gasteiger partial charge in [-0.3, -0.25) is 0 Å². The Labute approximate surface area is 56.2 Å². The summed E-state index contributed by atoms with van der Waals surface area (Å²) in [5.74, 6) is 0. The second kappa shape index (κ2) is 5.35. The van der Waals surface area contributed by atoms with E-state index in [1.54, 1.807) is 7.11 Å². The summed E-state index contributed by atoms with van der Waals surface area (Å²) in [5, 5.41) is 3.73. The lowest BCUT2D eigenvalue weighted by atomic mass is 10.2. The molecule has 0 saturated heterocycles. The van der Waals surface area contributed by atoms with Gasteiger partial charge in [0.25, 0.3) is 0 Å². The zero-order valence-corrected chi connectivity index (χ0v) is 6.05. The van der Waals surface area contributed by atoms with Crippen LogP contribution < -0.4 is 0 Å². The second-order valence-electron chi connectivity index (χ2n) is 1.84. The van der Waals surface area contributed by atoms with Gasteiger partial charge >= 0.3 is 0 Å². The van der Waals surface area contributed by atoms with E-state index in [1.807, 2.05) is 13.0 Å². The van der Waals surface area contributed by atoms with Crippen molar-refractivity contribution in [3.8, 4) is 0 Å². The molecule has 0 rings (SSSR count). The van der Waals surface area contributed by atoms with Crippen LogP contribution in [0.25, 0.3) is 0 Å². The van der Waals surface area contributed by atoms with Crippen LogP contribution in [0.2, 0.25) is 0 Å². The lowest BCUT2D eigenvalue weighted by Crippen LogP contribution is -1.89. The largest absolute Gasteiger partial charge is 0.399 e. The summed E-state index contributed by atoms with van der Waals surface area (Å²) >= 11 is 0. The highest BCUT2D eigenvalue weighted by atomic mass is 16.6. The lowest BCUT2D eigenvalue weighted by Gasteiger charge is -1.93. The van der Waals surface area contributed by atoms with Crippen molar-refractivity contribution in [3.05, 3.63) is 12.7 Å². The van der Waals surface area contributed by atoms with Crippen molar-refractivity contribution in [2.45, 2.75) is 19.8 Å². The maximum absolute atomic E-state index is 4.55. The van der Waals surface area contributed by atoms with Gasteiger partial charge in [0.1, 0.15) is 7.11 Å². The highest BCUT2D eigenvalue weighted by molar-refractivity contribution is 5.81. The molecule has 0 N–H and O–H groups in total. The van der Waals surface area contributed by atoms with Gasteiger partial charge in [-0.1, -0.05) is 11.2 Å². The molecule has 9 heavy (non-hydrogen) atoms. The van der Waals surface area contributed by atoms with Gasteiger partial charge in [0.05, 0.1) is 5.71 Å². The number of oxime groups is 1. The van der Waals surface area contributed by atoms with E-state index in [4.69, 9.17) is 0 Å². The molecule has 52 valence electrons. The minimum absolute atomic E-state index is 0.942. The lowest BCUT2D eigenvalue weighted by molar-refractivity contribution is 0.212. The molecule has 0 bridgehead atoms. The molecule has 0 atom stereocenters. The van der Waals surface area contributed by atoms with Crippen molar-refractivity contribution in [2.24, 2.45) is 5.16 Å². The standard InChI is InChI=1S/C7H13NO/c1-4-5-6-7(2)8-9-3/h4H,1,5-6H2,2-3H3. The average molecular weight is 127 g/mol. The first-order valence-electron chi connectivity index (χ1n) is 2.98. The Morgan fingerprint density at radius 3 is 2.89 bits per heavy atom. The summed E-state index contributed by atoms with van der Waals surface area (Å²) in [6.07, 6.45) is 3.78. The summed E-state index contributed by atoms with van der Waals surface area (Å²) < 4.78 is 0. The van der Waals surface area contributed by atoms with Crippen molar-refractivity contribution >= 4 is 5.71 Å². The Bertz CT molecular complexity index is 107. The predicted octanol–water partition coefficient (Wildman–Crippen LogP) is 1.97. The molecule has 0 aliphatic rings. The quantitative estimate of drug-likeness (QED) is 0.321. The van der Waals surface area contributed by atoms with Gasteiger partial charge in [-0.15, -0.1) is 6.58 Å². The molecule has 0 aromatic rings.